The molecule has 0 bridgehead atoms. The van der Waals surface area contributed by atoms with Crippen LogP contribution in [0.15, 0.2) is 33.4 Å². The number of allylic oxidation sites excluding steroid dienone is 1. The van der Waals surface area contributed by atoms with Crippen LogP contribution >= 0.6 is 12.4 Å². The number of dihydropyridines is 1. The number of rotatable bonds is 0. The van der Waals surface area contributed by atoms with Crippen LogP contribution < -0.4 is 0 Å². The minimum Gasteiger partial charge on any atom is -0.267 e. The number of amides is 1. The van der Waals surface area contributed by atoms with Crippen LogP contribution in [0.3, 0.4) is 0 Å². The summed E-state index contributed by atoms with van der Waals surface area (Å²) in [5, 5.41) is 0. The third-order valence-electron chi connectivity index (χ3n) is 1.40. The molecule has 0 aliphatic carbocycles. The third-order valence-corrected chi connectivity index (χ3v) is 1.40. The van der Waals surface area contributed by atoms with E-state index < -0.39 is 0 Å². The fraction of sp³-hybridized carbons (Fsp3) is 0. The maximum atomic E-state index is 10.9. The molecule has 0 N–H and O–H groups in total. The predicted molar refractivity (Wildman–Crippen MR) is 45.4 cm³/mol. The van der Waals surface area contributed by atoms with Gasteiger partial charge in [-0.1, -0.05) is 0 Å². The number of nitrogens with zero attached hydrogens (tertiary/aromatic N) is 2. The van der Waals surface area contributed by atoms with Gasteiger partial charge in [-0.15, -0.1) is 12.4 Å². The first kappa shape index (κ1) is 7.88. The Balaban J connectivity index is 0.000000605. The molecule has 2 aliphatic rings. The molecule has 2 aliphatic heterocycles. The standard InChI is InChI=1S/C7H4N2O.ClH/c10-7-6-4-8-3-5(6)1-2-9-7;/h1-4H;1H. The summed E-state index contributed by atoms with van der Waals surface area (Å²) in [6.45, 7) is 0. The summed E-state index contributed by atoms with van der Waals surface area (Å²) in [4.78, 5) is 18.3. The summed E-state index contributed by atoms with van der Waals surface area (Å²) in [6.07, 6.45) is 6.44. The van der Waals surface area contributed by atoms with Gasteiger partial charge in [0.1, 0.15) is 0 Å². The van der Waals surface area contributed by atoms with Crippen molar-refractivity contribution in [2.24, 2.45) is 9.98 Å². The SMILES string of the molecule is Cl.O=C1N=CC=C2C=NC=C12. The summed E-state index contributed by atoms with van der Waals surface area (Å²) in [5.41, 5.74) is 1.46. The average molecular weight is 169 g/mol. The van der Waals surface area contributed by atoms with Gasteiger partial charge >= 0.3 is 0 Å². The minimum absolute atomic E-state index is 0. The van der Waals surface area contributed by atoms with Crippen molar-refractivity contribution in [2.75, 3.05) is 0 Å². The van der Waals surface area contributed by atoms with Crippen LogP contribution in [0.2, 0.25) is 0 Å². The fourth-order valence-electron chi connectivity index (χ4n) is 0.902. The molecule has 2 heterocycles. The van der Waals surface area contributed by atoms with Gasteiger partial charge in [0.15, 0.2) is 0 Å². The maximum absolute atomic E-state index is 10.9. The van der Waals surface area contributed by atoms with Crippen LogP contribution in [0.1, 0.15) is 0 Å². The molecule has 0 aromatic carbocycles. The summed E-state index contributed by atoms with van der Waals surface area (Å²) in [7, 11) is 0. The molecular weight excluding hydrogens is 164 g/mol. The van der Waals surface area contributed by atoms with E-state index in [4.69, 9.17) is 0 Å². The van der Waals surface area contributed by atoms with Crippen LogP contribution in [-0.2, 0) is 4.79 Å². The smallest absolute Gasteiger partial charge is 0.267 e. The Bertz CT molecular complexity index is 306. The van der Waals surface area contributed by atoms with Crippen LogP contribution in [0.5, 0.6) is 0 Å². The van der Waals surface area contributed by atoms with Gasteiger partial charge in [0.05, 0.1) is 5.57 Å². The highest BCUT2D eigenvalue weighted by molar-refractivity contribution is 6.15. The molecule has 11 heavy (non-hydrogen) atoms. The highest BCUT2D eigenvalue weighted by Gasteiger charge is 2.17. The zero-order chi connectivity index (χ0) is 6.97. The van der Waals surface area contributed by atoms with Crippen molar-refractivity contribution in [1.82, 2.24) is 0 Å². The molecule has 0 aromatic heterocycles. The largest absolute Gasteiger partial charge is 0.279 e. The second kappa shape index (κ2) is 2.80. The zero-order valence-corrected chi connectivity index (χ0v) is 6.34. The van der Waals surface area contributed by atoms with Gasteiger partial charge in [0.2, 0.25) is 0 Å². The van der Waals surface area contributed by atoms with Crippen molar-refractivity contribution in [1.29, 1.82) is 0 Å². The number of carbonyl (C=O) groups is 1. The monoisotopic (exact) mass is 168 g/mol. The molecule has 3 nitrogen and oxygen atoms in total. The summed E-state index contributed by atoms with van der Waals surface area (Å²) < 4.78 is 0. The van der Waals surface area contributed by atoms with E-state index in [9.17, 15) is 4.79 Å². The highest BCUT2D eigenvalue weighted by Crippen LogP contribution is 2.17. The lowest BCUT2D eigenvalue weighted by Gasteiger charge is -1.99. The fourth-order valence-corrected chi connectivity index (χ4v) is 0.902. The van der Waals surface area contributed by atoms with Gasteiger partial charge in [0, 0.05) is 24.2 Å². The topological polar surface area (TPSA) is 41.8 Å². The van der Waals surface area contributed by atoms with Gasteiger partial charge in [-0.2, -0.15) is 0 Å². The van der Waals surface area contributed by atoms with Gasteiger partial charge in [-0.3, -0.25) is 9.79 Å². The molecule has 0 aromatic rings. The van der Waals surface area contributed by atoms with Gasteiger partial charge < -0.3 is 0 Å². The van der Waals surface area contributed by atoms with E-state index in [0.717, 1.165) is 5.57 Å². The minimum atomic E-state index is -0.199. The number of hydrogen-bond donors (Lipinski definition) is 0. The molecule has 0 radical (unpaired) electrons. The normalized spacial score (nSPS) is 18.7. The van der Waals surface area contributed by atoms with Crippen molar-refractivity contribution in [2.45, 2.75) is 0 Å². The third kappa shape index (κ3) is 1.14. The van der Waals surface area contributed by atoms with Crippen LogP contribution in [0.25, 0.3) is 0 Å². The highest BCUT2D eigenvalue weighted by atomic mass is 35.5. The molecule has 1 amide bonds. The number of halogens is 1. The lowest BCUT2D eigenvalue weighted by atomic mass is 10.1. The molecular formula is C7H5ClN2O. The number of hydrogen-bond acceptors (Lipinski definition) is 2. The Morgan fingerprint density at radius 3 is 2.91 bits per heavy atom. The first-order valence-corrected chi connectivity index (χ1v) is 2.90. The average Bonchev–Trinajstić information content (AvgIpc) is 2.36. The van der Waals surface area contributed by atoms with Crippen molar-refractivity contribution in [3.63, 3.8) is 0 Å². The Morgan fingerprint density at radius 1 is 1.36 bits per heavy atom. The van der Waals surface area contributed by atoms with Crippen molar-refractivity contribution < 1.29 is 4.79 Å². The summed E-state index contributed by atoms with van der Waals surface area (Å²) >= 11 is 0. The first-order chi connectivity index (χ1) is 4.88. The van der Waals surface area contributed by atoms with E-state index >= 15 is 0 Å². The lowest BCUT2D eigenvalue weighted by molar-refractivity contribution is -0.114. The Hall–Kier alpha value is -1.22. The predicted octanol–water partition coefficient (Wildman–Crippen LogP) is 0.914. The van der Waals surface area contributed by atoms with E-state index in [1.54, 1.807) is 12.3 Å². The van der Waals surface area contributed by atoms with Crippen molar-refractivity contribution in [3.05, 3.63) is 23.4 Å². The van der Waals surface area contributed by atoms with Gasteiger partial charge in [0.25, 0.3) is 5.91 Å². The molecule has 0 fully saturated rings. The molecule has 0 spiro atoms. The van der Waals surface area contributed by atoms with Gasteiger partial charge in [-0.05, 0) is 6.08 Å². The molecule has 0 unspecified atom stereocenters. The molecule has 0 saturated heterocycles. The molecule has 2 rings (SSSR count). The Labute approximate surface area is 69.6 Å². The molecule has 4 heteroatoms. The van der Waals surface area contributed by atoms with Crippen molar-refractivity contribution >= 4 is 30.7 Å². The summed E-state index contributed by atoms with van der Waals surface area (Å²) in [5.74, 6) is -0.199. The van der Waals surface area contributed by atoms with Crippen molar-refractivity contribution in [3.8, 4) is 0 Å². The number of carbonyl (C=O) groups excluding carboxylic acids is 1. The number of aliphatic imine (C=N–C) groups is 2. The molecule has 56 valence electrons. The quantitative estimate of drug-likeness (QED) is 0.530. The van der Waals surface area contributed by atoms with Gasteiger partial charge in [-0.25, -0.2) is 4.99 Å². The second-order valence-electron chi connectivity index (χ2n) is 2.03. The second-order valence-corrected chi connectivity index (χ2v) is 2.03. The first-order valence-electron chi connectivity index (χ1n) is 2.90. The molecule has 0 saturated carbocycles. The Kier molecular flexibility index (Phi) is 2.01. The van der Waals surface area contributed by atoms with E-state index in [-0.39, 0.29) is 18.3 Å². The Morgan fingerprint density at radius 2 is 2.18 bits per heavy atom. The zero-order valence-electron chi connectivity index (χ0n) is 5.52. The molecule has 0 atom stereocenters. The van der Waals surface area contributed by atoms with E-state index in [2.05, 4.69) is 9.98 Å². The van der Waals surface area contributed by atoms with Crippen LogP contribution in [0, 0.1) is 0 Å². The lowest BCUT2D eigenvalue weighted by Crippen LogP contribution is -2.04. The van der Waals surface area contributed by atoms with E-state index in [1.165, 1.54) is 12.4 Å². The van der Waals surface area contributed by atoms with Crippen LogP contribution in [-0.4, -0.2) is 18.3 Å². The van der Waals surface area contributed by atoms with Crippen LogP contribution in [0.4, 0.5) is 0 Å². The number of fused-ring (bicyclic) bond motifs is 1. The van der Waals surface area contributed by atoms with E-state index in [1.807, 2.05) is 0 Å². The van der Waals surface area contributed by atoms with E-state index in [0.29, 0.717) is 5.57 Å². The maximum Gasteiger partial charge on any atom is 0.279 e. The summed E-state index contributed by atoms with van der Waals surface area (Å²) in [6, 6.07) is 0.